The number of quaternary nitrogens is 1. The lowest BCUT2D eigenvalue weighted by Crippen LogP contribution is -2.45. The average molecular weight is 1110 g/mol. The summed E-state index contributed by atoms with van der Waals surface area (Å²) < 4.78 is 23.8. The molecule has 456 valence electrons. The molecule has 0 spiro atoms. The van der Waals surface area contributed by atoms with E-state index in [1.54, 1.807) is 6.08 Å². The molecule has 77 heavy (non-hydrogen) atoms. The predicted octanol–water partition coefficient (Wildman–Crippen LogP) is 21.3. The van der Waals surface area contributed by atoms with Crippen LogP contribution in [0.1, 0.15) is 341 Å². The van der Waals surface area contributed by atoms with Crippen molar-refractivity contribution in [1.29, 1.82) is 0 Å². The molecular formula is C68H134N2O6P+. The van der Waals surface area contributed by atoms with Crippen molar-refractivity contribution in [2.75, 3.05) is 40.9 Å². The number of nitrogens with zero attached hydrogens (tertiary/aromatic N) is 1. The van der Waals surface area contributed by atoms with Gasteiger partial charge in [0.25, 0.3) is 0 Å². The Balaban J connectivity index is 3.99. The Morgan fingerprint density at radius 2 is 0.740 bits per heavy atom. The van der Waals surface area contributed by atoms with Crippen LogP contribution in [0.4, 0.5) is 0 Å². The second-order valence-corrected chi connectivity index (χ2v) is 26.0. The number of amides is 1. The first-order chi connectivity index (χ1) is 37.5. The lowest BCUT2D eigenvalue weighted by atomic mass is 10.0. The van der Waals surface area contributed by atoms with E-state index in [0.717, 1.165) is 38.5 Å². The van der Waals surface area contributed by atoms with Crippen LogP contribution in [0.5, 0.6) is 0 Å². The van der Waals surface area contributed by atoms with E-state index in [1.807, 2.05) is 27.2 Å². The van der Waals surface area contributed by atoms with Crippen LogP contribution in [-0.4, -0.2) is 73.4 Å². The maximum absolute atomic E-state index is 13.0. The van der Waals surface area contributed by atoms with Gasteiger partial charge in [-0.25, -0.2) is 4.57 Å². The number of phosphoric acid groups is 1. The molecule has 0 saturated carbocycles. The second kappa shape index (κ2) is 59.3. The number of allylic oxidation sites excluding steroid dienone is 5. The summed E-state index contributed by atoms with van der Waals surface area (Å²) in [5.74, 6) is -0.170. The molecular weight excluding hydrogens is 972 g/mol. The van der Waals surface area contributed by atoms with Crippen LogP contribution in [0.2, 0.25) is 0 Å². The van der Waals surface area contributed by atoms with Gasteiger partial charge in [0, 0.05) is 6.42 Å². The topological polar surface area (TPSA) is 105 Å². The molecule has 8 nitrogen and oxygen atoms in total. The highest BCUT2D eigenvalue weighted by molar-refractivity contribution is 7.47. The van der Waals surface area contributed by atoms with E-state index in [9.17, 15) is 19.4 Å². The number of unbranched alkanes of at least 4 members (excludes halogenated alkanes) is 46. The summed E-state index contributed by atoms with van der Waals surface area (Å²) in [6.45, 7) is 4.86. The van der Waals surface area contributed by atoms with E-state index >= 15 is 0 Å². The summed E-state index contributed by atoms with van der Waals surface area (Å²) >= 11 is 0. The summed E-state index contributed by atoms with van der Waals surface area (Å²) in [6.07, 6.45) is 78.5. The molecule has 1 amide bonds. The third-order valence-electron chi connectivity index (χ3n) is 15.6. The highest BCUT2D eigenvalue weighted by atomic mass is 31.2. The molecule has 0 aliphatic carbocycles. The minimum absolute atomic E-state index is 0.0638. The molecule has 0 heterocycles. The fraction of sp³-hybridized carbons (Fsp3) is 0.897. The van der Waals surface area contributed by atoms with Crippen LogP contribution in [0.15, 0.2) is 36.5 Å². The molecule has 0 aliphatic heterocycles. The highest BCUT2D eigenvalue weighted by Crippen LogP contribution is 2.43. The number of phosphoric ester groups is 1. The normalized spacial score (nSPS) is 13.9. The van der Waals surface area contributed by atoms with Crippen LogP contribution in [0, 0.1) is 0 Å². The molecule has 0 radical (unpaired) electrons. The first-order valence-corrected chi connectivity index (χ1v) is 35.4. The van der Waals surface area contributed by atoms with E-state index < -0.39 is 20.0 Å². The van der Waals surface area contributed by atoms with Gasteiger partial charge in [-0.2, -0.15) is 0 Å². The predicted molar refractivity (Wildman–Crippen MR) is 337 cm³/mol. The third kappa shape index (κ3) is 62.2. The van der Waals surface area contributed by atoms with Crippen molar-refractivity contribution in [1.82, 2.24) is 5.32 Å². The molecule has 0 aromatic rings. The molecule has 0 aliphatic rings. The Bertz CT molecular complexity index is 1350. The lowest BCUT2D eigenvalue weighted by molar-refractivity contribution is -0.870. The molecule has 3 N–H and O–H groups in total. The quantitative estimate of drug-likeness (QED) is 0.0243. The van der Waals surface area contributed by atoms with E-state index in [-0.39, 0.29) is 19.1 Å². The van der Waals surface area contributed by atoms with Gasteiger partial charge < -0.3 is 19.8 Å². The van der Waals surface area contributed by atoms with Crippen molar-refractivity contribution in [2.45, 2.75) is 353 Å². The first kappa shape index (κ1) is 75.7. The molecule has 0 fully saturated rings. The van der Waals surface area contributed by atoms with Crippen molar-refractivity contribution < 1.29 is 32.9 Å². The Kier molecular flexibility index (Phi) is 58.4. The summed E-state index contributed by atoms with van der Waals surface area (Å²) in [7, 11) is 1.59. The Morgan fingerprint density at radius 3 is 1.06 bits per heavy atom. The monoisotopic (exact) mass is 1110 g/mol. The zero-order chi connectivity index (χ0) is 56.3. The molecule has 3 atom stereocenters. The number of aliphatic hydroxyl groups excluding tert-OH is 1. The van der Waals surface area contributed by atoms with Crippen molar-refractivity contribution >= 4 is 13.7 Å². The molecule has 0 aromatic carbocycles. The van der Waals surface area contributed by atoms with E-state index in [2.05, 4.69) is 43.5 Å². The Labute approximate surface area is 480 Å². The number of carbonyl (C=O) groups excluding carboxylic acids is 1. The highest BCUT2D eigenvalue weighted by Gasteiger charge is 2.28. The number of nitrogens with one attached hydrogen (secondary N) is 1. The minimum atomic E-state index is -4.35. The van der Waals surface area contributed by atoms with Gasteiger partial charge in [-0.15, -0.1) is 0 Å². The number of hydrogen-bond donors (Lipinski definition) is 3. The standard InChI is InChI=1S/C68H133N2O6P/c1-6-8-10-12-14-16-18-20-22-24-26-28-29-30-31-32-33-34-35-36-37-38-39-40-41-42-44-46-48-50-52-54-56-58-60-62-68(72)69-66(65-76-77(73,74)75-64-63-70(3,4)5)67(71)61-59-57-55-53-51-49-47-45-43-27-25-23-21-19-17-15-13-11-9-7-2/h18,20,24,26,59,61,66-67,71H,6-17,19,21-23,25,27-58,60,62-65H2,1-5H3,(H-,69,72,73,74)/p+1/b20-18-,26-24-,61-59+. The number of likely N-dealkylation sites (N-methyl/N-ethyl adjacent to an activating group) is 1. The number of hydrogen-bond acceptors (Lipinski definition) is 5. The fourth-order valence-corrected chi connectivity index (χ4v) is 11.0. The molecule has 0 bridgehead atoms. The third-order valence-corrected chi connectivity index (χ3v) is 16.6. The van der Waals surface area contributed by atoms with E-state index in [4.69, 9.17) is 9.05 Å². The summed E-state index contributed by atoms with van der Waals surface area (Å²) in [5, 5.41) is 14.0. The van der Waals surface area contributed by atoms with Gasteiger partial charge in [-0.05, 0) is 51.4 Å². The maximum atomic E-state index is 13.0. The van der Waals surface area contributed by atoms with E-state index in [0.29, 0.717) is 17.4 Å². The van der Waals surface area contributed by atoms with Crippen LogP contribution in [0.25, 0.3) is 0 Å². The van der Waals surface area contributed by atoms with Crippen molar-refractivity contribution in [2.24, 2.45) is 0 Å². The molecule has 0 rings (SSSR count). The first-order valence-electron chi connectivity index (χ1n) is 33.9. The number of carbonyl (C=O) groups is 1. The van der Waals surface area contributed by atoms with Crippen LogP contribution in [0.3, 0.4) is 0 Å². The zero-order valence-electron chi connectivity index (χ0n) is 52.2. The Hall–Kier alpha value is -1.28. The fourth-order valence-electron chi connectivity index (χ4n) is 10.3. The van der Waals surface area contributed by atoms with Crippen LogP contribution < -0.4 is 5.32 Å². The van der Waals surface area contributed by atoms with Crippen LogP contribution in [-0.2, 0) is 18.4 Å². The van der Waals surface area contributed by atoms with Crippen molar-refractivity contribution in [3.8, 4) is 0 Å². The van der Waals surface area contributed by atoms with Crippen molar-refractivity contribution in [3.05, 3.63) is 36.5 Å². The van der Waals surface area contributed by atoms with Gasteiger partial charge in [0.1, 0.15) is 13.2 Å². The number of rotatable bonds is 63. The summed E-state index contributed by atoms with van der Waals surface area (Å²) in [4.78, 5) is 23.4. The van der Waals surface area contributed by atoms with Gasteiger partial charge in [0.15, 0.2) is 0 Å². The van der Waals surface area contributed by atoms with Crippen molar-refractivity contribution in [3.63, 3.8) is 0 Å². The molecule has 0 saturated heterocycles. The summed E-state index contributed by atoms with van der Waals surface area (Å²) in [5.41, 5.74) is 0. The smallest absolute Gasteiger partial charge is 0.387 e. The number of aliphatic hydroxyl groups is 1. The van der Waals surface area contributed by atoms with Gasteiger partial charge in [0.05, 0.1) is 39.9 Å². The SMILES string of the molecule is CCCCCCC/C=C\C/C=C\CCCCCCCCCCCCCCCCCCCCCCCCCC(=O)NC(COP(=O)(O)OCC[N+](C)(C)C)C(O)/C=C/CCCCCCCCCCCCCCCCCCCC. The van der Waals surface area contributed by atoms with Crippen LogP contribution >= 0.6 is 7.82 Å². The average Bonchev–Trinajstić information content (AvgIpc) is 3.39. The van der Waals surface area contributed by atoms with Gasteiger partial charge in [-0.3, -0.25) is 13.8 Å². The Morgan fingerprint density at radius 1 is 0.442 bits per heavy atom. The van der Waals surface area contributed by atoms with Gasteiger partial charge >= 0.3 is 7.82 Å². The summed E-state index contributed by atoms with van der Waals surface area (Å²) in [6, 6.07) is -0.845. The minimum Gasteiger partial charge on any atom is -0.387 e. The lowest BCUT2D eigenvalue weighted by Gasteiger charge is -2.25. The van der Waals surface area contributed by atoms with Gasteiger partial charge in [-0.1, -0.05) is 320 Å². The second-order valence-electron chi connectivity index (χ2n) is 24.6. The van der Waals surface area contributed by atoms with Gasteiger partial charge in [0.2, 0.25) is 5.91 Å². The molecule has 0 aromatic heterocycles. The molecule has 3 unspecified atom stereocenters. The molecule has 9 heteroatoms. The maximum Gasteiger partial charge on any atom is 0.472 e. The van der Waals surface area contributed by atoms with E-state index in [1.165, 1.54) is 283 Å². The largest absolute Gasteiger partial charge is 0.472 e. The zero-order valence-corrected chi connectivity index (χ0v) is 53.1.